The van der Waals surface area contributed by atoms with Gasteiger partial charge in [-0.05, 0) is 74.8 Å². The number of carbonyl (C=O) groups is 2. The van der Waals surface area contributed by atoms with Crippen LogP contribution in [0.1, 0.15) is 74.8 Å². The molecule has 0 bridgehead atoms. The Hall–Kier alpha value is -2.64. The van der Waals surface area contributed by atoms with Crippen LogP contribution >= 0.6 is 12.2 Å². The molecule has 7 heteroatoms. The lowest BCUT2D eigenvalue weighted by Crippen LogP contribution is -2.53. The first-order valence-corrected chi connectivity index (χ1v) is 14.6. The van der Waals surface area contributed by atoms with Crippen molar-refractivity contribution in [1.29, 1.82) is 0 Å². The Labute approximate surface area is 233 Å². The zero-order valence-electron chi connectivity index (χ0n) is 23.0. The van der Waals surface area contributed by atoms with Crippen molar-refractivity contribution in [3.05, 3.63) is 65.0 Å². The largest absolute Gasteiger partial charge is 0.372 e. The van der Waals surface area contributed by atoms with Crippen molar-refractivity contribution >= 4 is 28.9 Å². The maximum Gasteiger partial charge on any atom is 0.225 e. The zero-order chi connectivity index (χ0) is 27.1. The van der Waals surface area contributed by atoms with E-state index in [1.165, 1.54) is 11.1 Å². The minimum Gasteiger partial charge on any atom is -0.372 e. The summed E-state index contributed by atoms with van der Waals surface area (Å²) < 4.78 is 0. The van der Waals surface area contributed by atoms with Crippen LogP contribution in [0.2, 0.25) is 0 Å². The van der Waals surface area contributed by atoms with Crippen LogP contribution in [0.15, 0.2) is 42.6 Å². The SMILES string of the molecule is Cc1ncccc1C(=S)N[C@H]1CCCC[C@H]1C(=O)N[C@@H](CC(C)C)C(=O)CN1CCCc2ccccc2C1. The van der Waals surface area contributed by atoms with E-state index in [0.29, 0.717) is 23.9 Å². The van der Waals surface area contributed by atoms with Gasteiger partial charge in [0.15, 0.2) is 5.78 Å². The van der Waals surface area contributed by atoms with E-state index in [1.807, 2.05) is 19.1 Å². The molecule has 2 heterocycles. The number of aryl methyl sites for hydroxylation is 2. The van der Waals surface area contributed by atoms with E-state index in [0.717, 1.165) is 62.9 Å². The van der Waals surface area contributed by atoms with E-state index in [4.69, 9.17) is 12.2 Å². The highest BCUT2D eigenvalue weighted by Crippen LogP contribution is 2.26. The van der Waals surface area contributed by atoms with Gasteiger partial charge < -0.3 is 10.6 Å². The molecule has 0 radical (unpaired) electrons. The lowest BCUT2D eigenvalue weighted by molar-refractivity contribution is -0.132. The van der Waals surface area contributed by atoms with E-state index in [1.54, 1.807) is 6.20 Å². The molecule has 1 aromatic heterocycles. The molecule has 1 aromatic carbocycles. The summed E-state index contributed by atoms with van der Waals surface area (Å²) in [5.41, 5.74) is 4.46. The number of thiocarbonyl (C=S) groups is 1. The molecule has 38 heavy (non-hydrogen) atoms. The van der Waals surface area contributed by atoms with Crippen LogP contribution < -0.4 is 10.6 Å². The topological polar surface area (TPSA) is 74.3 Å². The first-order chi connectivity index (χ1) is 18.3. The van der Waals surface area contributed by atoms with Gasteiger partial charge >= 0.3 is 0 Å². The van der Waals surface area contributed by atoms with Crippen LogP contribution in [0.3, 0.4) is 0 Å². The molecule has 1 amide bonds. The molecule has 0 spiro atoms. The average Bonchev–Trinajstić information content (AvgIpc) is 3.10. The smallest absolute Gasteiger partial charge is 0.225 e. The number of fused-ring (bicyclic) bond motifs is 1. The Morgan fingerprint density at radius 2 is 1.84 bits per heavy atom. The molecule has 2 aliphatic rings. The van der Waals surface area contributed by atoms with Crippen LogP contribution in [-0.2, 0) is 22.6 Å². The predicted molar refractivity (Wildman–Crippen MR) is 156 cm³/mol. The van der Waals surface area contributed by atoms with Gasteiger partial charge in [-0.1, -0.05) is 63.2 Å². The van der Waals surface area contributed by atoms with Crippen LogP contribution in [0.4, 0.5) is 0 Å². The first-order valence-electron chi connectivity index (χ1n) is 14.2. The summed E-state index contributed by atoms with van der Waals surface area (Å²) in [4.78, 5) is 34.4. The third-order valence-electron chi connectivity index (χ3n) is 7.90. The number of amides is 1. The van der Waals surface area contributed by atoms with Crippen molar-refractivity contribution in [1.82, 2.24) is 20.5 Å². The summed E-state index contributed by atoms with van der Waals surface area (Å²) in [6.45, 7) is 8.19. The predicted octanol–water partition coefficient (Wildman–Crippen LogP) is 4.76. The standard InChI is InChI=1S/C31H42N4O2S/c1-21(2)18-28(29(36)20-35-17-9-12-23-10-4-5-11-24(23)19-35)33-30(37)26-13-6-7-15-27(26)34-31(38)25-14-8-16-32-22(25)3/h4-5,8,10-11,14,16,21,26-28H,6-7,9,12-13,15,17-20H2,1-3H3,(H,33,37)(H,34,38)/t26-,27+,28+/m1/s1. The summed E-state index contributed by atoms with van der Waals surface area (Å²) in [6.07, 6.45) is 8.23. The molecule has 1 fully saturated rings. The Kier molecular flexibility index (Phi) is 10.0. The van der Waals surface area contributed by atoms with Crippen molar-refractivity contribution in [3.63, 3.8) is 0 Å². The second-order valence-electron chi connectivity index (χ2n) is 11.3. The number of carbonyl (C=O) groups excluding carboxylic acids is 2. The highest BCUT2D eigenvalue weighted by atomic mass is 32.1. The molecule has 0 saturated heterocycles. The number of ketones is 1. The Morgan fingerprint density at radius 1 is 1.08 bits per heavy atom. The van der Waals surface area contributed by atoms with Crippen LogP contribution in [-0.4, -0.2) is 51.7 Å². The molecule has 1 aliphatic heterocycles. The second-order valence-corrected chi connectivity index (χ2v) is 11.8. The molecular formula is C31H42N4O2S. The second kappa shape index (κ2) is 13.4. The number of aromatic nitrogens is 1. The van der Waals surface area contributed by atoms with Gasteiger partial charge in [-0.25, -0.2) is 0 Å². The maximum absolute atomic E-state index is 13.6. The zero-order valence-corrected chi connectivity index (χ0v) is 23.9. The van der Waals surface area contributed by atoms with Gasteiger partial charge in [-0.3, -0.25) is 19.5 Å². The minimum absolute atomic E-state index is 0.0341. The van der Waals surface area contributed by atoms with E-state index in [-0.39, 0.29) is 23.7 Å². The summed E-state index contributed by atoms with van der Waals surface area (Å²) in [5.74, 6) is 0.156. The van der Waals surface area contributed by atoms with Crippen molar-refractivity contribution in [3.8, 4) is 0 Å². The van der Waals surface area contributed by atoms with Gasteiger partial charge in [-0.15, -0.1) is 0 Å². The quantitative estimate of drug-likeness (QED) is 0.452. The van der Waals surface area contributed by atoms with E-state index in [9.17, 15) is 9.59 Å². The van der Waals surface area contributed by atoms with Crippen molar-refractivity contribution in [2.24, 2.45) is 11.8 Å². The molecule has 2 aromatic rings. The van der Waals surface area contributed by atoms with Crippen molar-refractivity contribution < 1.29 is 9.59 Å². The van der Waals surface area contributed by atoms with Gasteiger partial charge in [-0.2, -0.15) is 0 Å². The van der Waals surface area contributed by atoms with Gasteiger partial charge in [0.25, 0.3) is 0 Å². The summed E-state index contributed by atoms with van der Waals surface area (Å²) in [5, 5.41) is 6.66. The first kappa shape index (κ1) is 28.4. The third-order valence-corrected chi connectivity index (χ3v) is 8.23. The van der Waals surface area contributed by atoms with Crippen LogP contribution in [0.5, 0.6) is 0 Å². The molecule has 6 nitrogen and oxygen atoms in total. The maximum atomic E-state index is 13.6. The van der Waals surface area contributed by atoms with E-state index >= 15 is 0 Å². The third kappa shape index (κ3) is 7.48. The molecule has 204 valence electrons. The van der Waals surface area contributed by atoms with Gasteiger partial charge in [0, 0.05) is 30.0 Å². The van der Waals surface area contributed by atoms with Gasteiger partial charge in [0.1, 0.15) is 4.99 Å². The molecule has 0 unspecified atom stereocenters. The lowest BCUT2D eigenvalue weighted by Gasteiger charge is -2.33. The normalized spacial score (nSPS) is 20.7. The molecule has 1 saturated carbocycles. The van der Waals surface area contributed by atoms with Gasteiger partial charge in [0.2, 0.25) is 5.91 Å². The van der Waals surface area contributed by atoms with Gasteiger partial charge in [0.05, 0.1) is 18.5 Å². The number of nitrogens with zero attached hydrogens (tertiary/aromatic N) is 2. The molecule has 1 aliphatic carbocycles. The van der Waals surface area contributed by atoms with Crippen LogP contribution in [0, 0.1) is 18.8 Å². The highest BCUT2D eigenvalue weighted by Gasteiger charge is 2.34. The number of Topliss-reactive ketones (excluding diaryl/α,β-unsaturated/α-hetero) is 1. The fraction of sp³-hybridized carbons (Fsp3) is 0.548. The monoisotopic (exact) mass is 534 g/mol. The Morgan fingerprint density at radius 3 is 2.61 bits per heavy atom. The van der Waals surface area contributed by atoms with Crippen molar-refractivity contribution in [2.75, 3.05) is 13.1 Å². The lowest BCUT2D eigenvalue weighted by atomic mass is 9.83. The summed E-state index contributed by atoms with van der Waals surface area (Å²) in [7, 11) is 0. The molecular weight excluding hydrogens is 492 g/mol. The van der Waals surface area contributed by atoms with E-state index < -0.39 is 6.04 Å². The number of benzene rings is 1. The van der Waals surface area contributed by atoms with Crippen LogP contribution in [0.25, 0.3) is 0 Å². The Balaban J connectivity index is 1.41. The number of hydrogen-bond acceptors (Lipinski definition) is 5. The number of pyridine rings is 1. The number of rotatable bonds is 9. The molecule has 4 rings (SSSR count). The summed E-state index contributed by atoms with van der Waals surface area (Å²) in [6, 6.07) is 11.8. The van der Waals surface area contributed by atoms with Crippen molar-refractivity contribution in [2.45, 2.75) is 84.3 Å². The minimum atomic E-state index is -0.476. The Bertz CT molecular complexity index is 1130. The molecule has 2 N–H and O–H groups in total. The fourth-order valence-corrected chi connectivity index (χ4v) is 6.21. The highest BCUT2D eigenvalue weighted by molar-refractivity contribution is 7.80. The molecule has 3 atom stereocenters. The average molecular weight is 535 g/mol. The number of nitrogens with one attached hydrogen (secondary N) is 2. The summed E-state index contributed by atoms with van der Waals surface area (Å²) >= 11 is 5.70. The fourth-order valence-electron chi connectivity index (χ4n) is 5.84. The number of hydrogen-bond donors (Lipinski definition) is 2. The van der Waals surface area contributed by atoms with E-state index in [2.05, 4.69) is 58.6 Å².